The van der Waals surface area contributed by atoms with Crippen molar-refractivity contribution >= 4 is 35.1 Å². The van der Waals surface area contributed by atoms with Crippen molar-refractivity contribution in [1.29, 1.82) is 0 Å². The highest BCUT2D eigenvalue weighted by Crippen LogP contribution is 2.31. The van der Waals surface area contributed by atoms with Crippen LogP contribution in [0.4, 0.5) is 5.95 Å². The van der Waals surface area contributed by atoms with E-state index in [4.69, 9.17) is 38.0 Å². The smallest absolute Gasteiger partial charge is 0.303 e. The van der Waals surface area contributed by atoms with Crippen molar-refractivity contribution in [2.75, 3.05) is 18.4 Å². The van der Waals surface area contributed by atoms with E-state index in [0.29, 0.717) is 46.4 Å². The number of anilines is 1. The van der Waals surface area contributed by atoms with Gasteiger partial charge in [0.1, 0.15) is 5.82 Å². The van der Waals surface area contributed by atoms with E-state index in [1.165, 1.54) is 0 Å². The highest BCUT2D eigenvalue weighted by atomic mass is 35.5. The zero-order valence-corrected chi connectivity index (χ0v) is 23.4. The standard InChI is InChI=1S/C28H29Cl2N7O3/c1-36-7-4-31-25(36)16-34-28-32-14-23(15-33-28)40-26-9-19(17-37-5-2-18(3-6-37)10-27(38)39)8-24(35-26)20-11-21(29)13-22(30)12-20/h4,7-9,11-15,18H,2-3,5-6,10,16-17H2,1H3,(H,38,39)(H,32,33,34). The lowest BCUT2D eigenvalue weighted by molar-refractivity contribution is -0.138. The van der Waals surface area contributed by atoms with Crippen LogP contribution in [0.25, 0.3) is 11.3 Å². The maximum atomic E-state index is 11.1. The summed E-state index contributed by atoms with van der Waals surface area (Å²) in [5.74, 6) is 1.64. The summed E-state index contributed by atoms with van der Waals surface area (Å²) in [7, 11) is 1.93. The number of nitrogens with one attached hydrogen (secondary N) is 1. The number of carbonyl (C=O) groups is 1. The van der Waals surface area contributed by atoms with Gasteiger partial charge in [-0.2, -0.15) is 0 Å². The number of carboxylic acids is 1. The summed E-state index contributed by atoms with van der Waals surface area (Å²) in [6, 6.07) is 9.19. The lowest BCUT2D eigenvalue weighted by Crippen LogP contribution is -2.33. The largest absolute Gasteiger partial charge is 0.481 e. The summed E-state index contributed by atoms with van der Waals surface area (Å²) in [5, 5.41) is 13.3. The van der Waals surface area contributed by atoms with Crippen molar-refractivity contribution in [3.05, 3.63) is 76.6 Å². The molecule has 2 N–H and O–H groups in total. The SMILES string of the molecule is Cn1ccnc1CNc1ncc(Oc2cc(CN3CCC(CC(=O)O)CC3)cc(-c3cc(Cl)cc(Cl)c3)n2)cn1. The van der Waals surface area contributed by atoms with Crippen LogP contribution in [-0.2, 0) is 24.9 Å². The molecule has 10 nitrogen and oxygen atoms in total. The third kappa shape index (κ3) is 7.47. The van der Waals surface area contributed by atoms with E-state index >= 15 is 0 Å². The molecular formula is C28H29Cl2N7O3. The zero-order chi connectivity index (χ0) is 28.1. The van der Waals surface area contributed by atoms with Crippen molar-refractivity contribution < 1.29 is 14.6 Å². The van der Waals surface area contributed by atoms with E-state index in [1.807, 2.05) is 42.1 Å². The molecule has 3 aromatic heterocycles. The number of aliphatic carboxylic acids is 1. The van der Waals surface area contributed by atoms with Crippen LogP contribution in [0.3, 0.4) is 0 Å². The van der Waals surface area contributed by atoms with E-state index in [2.05, 4.69) is 25.2 Å². The van der Waals surface area contributed by atoms with Gasteiger partial charge < -0.3 is 19.7 Å². The fourth-order valence-electron chi connectivity index (χ4n) is 4.71. The molecule has 0 amide bonds. The van der Waals surface area contributed by atoms with Gasteiger partial charge in [-0.3, -0.25) is 9.69 Å². The number of rotatable bonds is 10. The van der Waals surface area contributed by atoms with Gasteiger partial charge in [0.2, 0.25) is 11.8 Å². The van der Waals surface area contributed by atoms with Crippen LogP contribution in [-0.4, -0.2) is 53.6 Å². The van der Waals surface area contributed by atoms with Gasteiger partial charge in [0.15, 0.2) is 5.75 Å². The maximum Gasteiger partial charge on any atom is 0.303 e. The Morgan fingerprint density at radius 1 is 1.07 bits per heavy atom. The van der Waals surface area contributed by atoms with Crippen molar-refractivity contribution in [2.24, 2.45) is 13.0 Å². The van der Waals surface area contributed by atoms with E-state index in [9.17, 15) is 4.79 Å². The highest BCUT2D eigenvalue weighted by Gasteiger charge is 2.22. The van der Waals surface area contributed by atoms with Crippen molar-refractivity contribution in [2.45, 2.75) is 32.4 Å². The fourth-order valence-corrected chi connectivity index (χ4v) is 5.24. The summed E-state index contributed by atoms with van der Waals surface area (Å²) in [4.78, 5) is 31.1. The summed E-state index contributed by atoms with van der Waals surface area (Å²) in [5.41, 5.74) is 2.45. The Kier molecular flexibility index (Phi) is 8.78. The predicted molar refractivity (Wildman–Crippen MR) is 153 cm³/mol. The molecule has 0 atom stereocenters. The van der Waals surface area contributed by atoms with Crippen LogP contribution in [0.5, 0.6) is 11.6 Å². The second kappa shape index (κ2) is 12.6. The third-order valence-electron chi connectivity index (χ3n) is 6.77. The van der Waals surface area contributed by atoms with Gasteiger partial charge in [-0.25, -0.2) is 19.9 Å². The molecule has 4 aromatic rings. The number of imidazole rings is 1. The lowest BCUT2D eigenvalue weighted by atomic mass is 9.93. The molecule has 1 aromatic carbocycles. The number of hydrogen-bond acceptors (Lipinski definition) is 8. The predicted octanol–water partition coefficient (Wildman–Crippen LogP) is 5.67. The number of aryl methyl sites for hydroxylation is 1. The third-order valence-corrected chi connectivity index (χ3v) is 7.21. The molecule has 1 fully saturated rings. The van der Waals surface area contributed by atoms with E-state index < -0.39 is 5.97 Å². The molecule has 1 aliphatic heterocycles. The number of halogens is 2. The Morgan fingerprint density at radius 3 is 2.45 bits per heavy atom. The van der Waals surface area contributed by atoms with Gasteiger partial charge in [0.25, 0.3) is 0 Å². The first-order valence-corrected chi connectivity index (χ1v) is 13.7. The van der Waals surface area contributed by atoms with E-state index in [-0.39, 0.29) is 12.3 Å². The summed E-state index contributed by atoms with van der Waals surface area (Å²) >= 11 is 12.6. The van der Waals surface area contributed by atoms with Crippen LogP contribution in [0.2, 0.25) is 10.0 Å². The zero-order valence-electron chi connectivity index (χ0n) is 21.9. The molecule has 0 saturated carbocycles. The van der Waals surface area contributed by atoms with Crippen molar-refractivity contribution in [1.82, 2.24) is 29.4 Å². The Labute approximate surface area is 242 Å². The number of nitrogens with zero attached hydrogens (tertiary/aromatic N) is 6. The molecule has 4 heterocycles. The lowest BCUT2D eigenvalue weighted by Gasteiger charge is -2.31. The molecule has 12 heteroatoms. The van der Waals surface area contributed by atoms with Crippen LogP contribution in [0.15, 0.2) is 55.1 Å². The summed E-state index contributed by atoms with van der Waals surface area (Å²) < 4.78 is 8.01. The number of carboxylic acid groups (broad SMARTS) is 1. The van der Waals surface area contributed by atoms with Gasteiger partial charge in [-0.15, -0.1) is 0 Å². The second-order valence-electron chi connectivity index (χ2n) is 9.83. The highest BCUT2D eigenvalue weighted by molar-refractivity contribution is 6.35. The molecule has 0 bridgehead atoms. The first-order valence-electron chi connectivity index (χ1n) is 12.9. The normalized spacial score (nSPS) is 14.3. The molecule has 0 radical (unpaired) electrons. The van der Waals surface area contributed by atoms with E-state index in [1.54, 1.807) is 24.7 Å². The minimum atomic E-state index is -0.736. The minimum Gasteiger partial charge on any atom is -0.481 e. The number of benzene rings is 1. The van der Waals surface area contributed by atoms with E-state index in [0.717, 1.165) is 42.9 Å². The number of pyridine rings is 1. The Morgan fingerprint density at radius 2 is 1.80 bits per heavy atom. The summed E-state index contributed by atoms with van der Waals surface area (Å²) in [6.07, 6.45) is 8.73. The quantitative estimate of drug-likeness (QED) is 0.244. The average Bonchev–Trinajstić information content (AvgIpc) is 3.33. The van der Waals surface area contributed by atoms with Crippen LogP contribution in [0, 0.1) is 5.92 Å². The summed E-state index contributed by atoms with van der Waals surface area (Å²) in [6.45, 7) is 2.82. The van der Waals surface area contributed by atoms with Gasteiger partial charge >= 0.3 is 5.97 Å². The molecule has 5 rings (SSSR count). The number of piperidine rings is 1. The average molecular weight is 582 g/mol. The van der Waals surface area contributed by atoms with Gasteiger partial charge in [-0.1, -0.05) is 23.2 Å². The topological polar surface area (TPSA) is 118 Å². The molecule has 208 valence electrons. The first kappa shape index (κ1) is 27.8. The van der Waals surface area contributed by atoms with Crippen molar-refractivity contribution in [3.8, 4) is 22.9 Å². The van der Waals surface area contributed by atoms with Crippen molar-refractivity contribution in [3.63, 3.8) is 0 Å². The van der Waals surface area contributed by atoms with Crippen LogP contribution in [0.1, 0.15) is 30.7 Å². The Hall–Kier alpha value is -3.73. The van der Waals surface area contributed by atoms with Gasteiger partial charge in [0.05, 0.1) is 24.6 Å². The monoisotopic (exact) mass is 581 g/mol. The number of hydrogen-bond donors (Lipinski definition) is 2. The number of ether oxygens (including phenoxy) is 1. The van der Waals surface area contributed by atoms with Gasteiger partial charge in [-0.05, 0) is 61.7 Å². The molecule has 40 heavy (non-hydrogen) atoms. The van der Waals surface area contributed by atoms with Gasteiger partial charge in [0, 0.05) is 54.1 Å². The Bertz CT molecular complexity index is 1450. The number of aromatic nitrogens is 5. The maximum absolute atomic E-state index is 11.1. The molecular weight excluding hydrogens is 553 g/mol. The second-order valence-corrected chi connectivity index (χ2v) is 10.7. The molecule has 0 spiro atoms. The van der Waals surface area contributed by atoms with Crippen LogP contribution >= 0.6 is 23.2 Å². The molecule has 0 unspecified atom stereocenters. The first-order chi connectivity index (χ1) is 19.3. The Balaban J connectivity index is 1.32. The fraction of sp³-hybridized carbons (Fsp3) is 0.321. The molecule has 1 saturated heterocycles. The number of likely N-dealkylation sites (tertiary alicyclic amines) is 1. The molecule has 1 aliphatic rings. The minimum absolute atomic E-state index is 0.218. The molecule has 0 aliphatic carbocycles. The van der Waals surface area contributed by atoms with Crippen LogP contribution < -0.4 is 10.1 Å².